The summed E-state index contributed by atoms with van der Waals surface area (Å²) in [6.07, 6.45) is -0.0920. The van der Waals surface area contributed by atoms with Gasteiger partial charge in [-0.3, -0.25) is 28.8 Å². The van der Waals surface area contributed by atoms with Gasteiger partial charge in [0.2, 0.25) is 17.1 Å². The monoisotopic (exact) mass is 1190 g/mol. The van der Waals surface area contributed by atoms with E-state index in [-0.39, 0.29) is 132 Å². The molecule has 8 heterocycles. The number of amides is 1. The fourth-order valence-corrected chi connectivity index (χ4v) is 11.8. The Labute approximate surface area is 492 Å². The highest BCUT2D eigenvalue weighted by atomic mass is 16.6. The Morgan fingerprint density at radius 2 is 1.12 bits per heavy atom. The topological polar surface area (TPSA) is 308 Å². The molecule has 0 aliphatic carbocycles. The van der Waals surface area contributed by atoms with Gasteiger partial charge in [0.1, 0.15) is 50.6 Å². The number of pyridine rings is 4. The number of benzene rings is 2. The number of ether oxygens (including phenoxy) is 9. The Morgan fingerprint density at radius 3 is 1.64 bits per heavy atom. The van der Waals surface area contributed by atoms with E-state index in [1.807, 2.05) is 20.8 Å². The summed E-state index contributed by atoms with van der Waals surface area (Å²) in [6.45, 7) is 8.22. The number of cyclic esters (lactones) is 2. The molecule has 1 amide bonds. The van der Waals surface area contributed by atoms with E-state index in [2.05, 4.69) is 5.32 Å². The second-order valence-electron chi connectivity index (χ2n) is 21.2. The van der Waals surface area contributed by atoms with Crippen LogP contribution >= 0.6 is 0 Å². The first-order chi connectivity index (χ1) is 41.5. The number of Topliss-reactive ketones (excluding diaryl/α,β-unsaturated/α-hetero) is 1. The second kappa shape index (κ2) is 25.7. The van der Waals surface area contributed by atoms with Crippen molar-refractivity contribution in [1.82, 2.24) is 24.4 Å². The molecule has 0 fully saturated rings. The zero-order valence-electron chi connectivity index (χ0n) is 48.5. The Kier molecular flexibility index (Phi) is 18.1. The number of hydrogen-bond acceptors (Lipinski definition) is 21. The van der Waals surface area contributed by atoms with Crippen molar-refractivity contribution in [3.63, 3.8) is 0 Å². The molecule has 86 heavy (non-hydrogen) atoms. The molecule has 0 saturated heterocycles. The summed E-state index contributed by atoms with van der Waals surface area (Å²) in [6, 6.07) is 13.1. The van der Waals surface area contributed by atoms with Crippen LogP contribution in [0.2, 0.25) is 0 Å². The van der Waals surface area contributed by atoms with E-state index >= 15 is 0 Å². The first-order valence-corrected chi connectivity index (χ1v) is 28.8. The molecule has 0 saturated carbocycles. The van der Waals surface area contributed by atoms with E-state index in [0.717, 1.165) is 33.0 Å². The van der Waals surface area contributed by atoms with Gasteiger partial charge in [-0.1, -0.05) is 27.7 Å². The molecule has 0 radical (unpaired) electrons. The van der Waals surface area contributed by atoms with E-state index in [1.54, 1.807) is 59.4 Å². The third-order valence-electron chi connectivity index (χ3n) is 16.1. The van der Waals surface area contributed by atoms with Gasteiger partial charge < -0.3 is 67.3 Å². The summed E-state index contributed by atoms with van der Waals surface area (Å²) in [4.78, 5) is 117. The third kappa shape index (κ3) is 11.6. The van der Waals surface area contributed by atoms with Crippen molar-refractivity contribution < 1.29 is 81.6 Å². The van der Waals surface area contributed by atoms with Crippen molar-refractivity contribution in [3.8, 4) is 34.3 Å². The molecule has 3 atom stereocenters. The van der Waals surface area contributed by atoms with Crippen LogP contribution in [-0.4, -0.2) is 137 Å². The molecule has 10 rings (SSSR count). The number of phenolic OH excluding ortho intramolecular Hbond substituents is 2. The van der Waals surface area contributed by atoms with Gasteiger partial charge in [0.15, 0.2) is 5.78 Å². The molecule has 3 N–H and O–H groups in total. The number of ketones is 1. The standard InChI is InChI=1S/C62H67N5O19/c1-6-38-40-21-34(68)11-14-48(40)64-55-42(38)26-66-50(55)23-46-44(57(66)74)31-83-59(76)61(46,8-3)85-53(72)16-13-36(70)28-79-19-20-82-37(29-78-10-5)30-80-17-18-81-33-52(71)63-25-54(73)86-62(9-4)47-24-51-56-43(27-67(51)58(75)45(47)32-84-60(62)77)39(7-2)41-22-35(69)12-15-49(41)65-56/h11-12,14-15,21-24,37,68-69H,6-10,13,16-20,25-33H2,1-5H3,(H,63,71)/t37?,61-,62-/m0/s1. The summed E-state index contributed by atoms with van der Waals surface area (Å²) in [5, 5.41) is 24.4. The average molecular weight is 1190 g/mol. The normalized spacial score (nSPS) is 17.4. The van der Waals surface area contributed by atoms with Crippen LogP contribution in [0.3, 0.4) is 0 Å². The van der Waals surface area contributed by atoms with Gasteiger partial charge in [0.05, 0.1) is 104 Å². The second-order valence-corrected chi connectivity index (χ2v) is 21.2. The van der Waals surface area contributed by atoms with Crippen LogP contribution in [0.4, 0.5) is 0 Å². The quantitative estimate of drug-likeness (QED) is 0.0355. The SMILES string of the molecule is CCOCC(COCCOCC(=O)NCC(=O)O[C@]1(CC)C(=O)OCc2c1cc1n(c2=O)Cc2c-1nc1ccc(O)cc1c2CC)OCCOCC(=O)CCC(=O)O[C@]1(CC)C(=O)OCc2c1cc1n(c2=O)Cc2c-1nc1ccc(O)cc1c2CC. The average Bonchev–Trinajstić information content (AvgIpc) is 3.68. The van der Waals surface area contributed by atoms with Crippen molar-refractivity contribution in [1.29, 1.82) is 0 Å². The molecule has 24 heteroatoms. The molecular weight excluding hydrogens is 1120 g/mol. The Balaban J connectivity index is 0.645. The molecule has 0 bridgehead atoms. The third-order valence-corrected chi connectivity index (χ3v) is 16.1. The van der Waals surface area contributed by atoms with Crippen LogP contribution < -0.4 is 16.4 Å². The van der Waals surface area contributed by atoms with Gasteiger partial charge in [-0.2, -0.15) is 0 Å². The fraction of sp³-hybridized carbons (Fsp3) is 0.452. The van der Waals surface area contributed by atoms with Gasteiger partial charge in [-0.25, -0.2) is 19.6 Å². The van der Waals surface area contributed by atoms with Gasteiger partial charge in [-0.05, 0) is 92.3 Å². The smallest absolute Gasteiger partial charge is 0.355 e. The van der Waals surface area contributed by atoms with Gasteiger partial charge >= 0.3 is 23.9 Å². The summed E-state index contributed by atoms with van der Waals surface area (Å²) in [5.41, 5.74) is 2.70. The van der Waals surface area contributed by atoms with Crippen molar-refractivity contribution in [2.45, 2.75) is 117 Å². The van der Waals surface area contributed by atoms with Crippen molar-refractivity contribution in [2.75, 3.05) is 66.0 Å². The van der Waals surface area contributed by atoms with Crippen molar-refractivity contribution in [2.24, 2.45) is 0 Å². The lowest BCUT2D eigenvalue weighted by Gasteiger charge is -2.35. The number of aryl methyl sites for hydroxylation is 2. The molecule has 24 nitrogen and oxygen atoms in total. The number of aromatic hydroxyl groups is 2. The lowest BCUT2D eigenvalue weighted by Crippen LogP contribution is -2.48. The van der Waals surface area contributed by atoms with E-state index in [4.69, 9.17) is 52.6 Å². The minimum absolute atomic E-state index is 0.00751. The summed E-state index contributed by atoms with van der Waals surface area (Å²) < 4.78 is 53.9. The Hall–Kier alpha value is -8.42. The highest BCUT2D eigenvalue weighted by Gasteiger charge is 2.52. The molecule has 4 aliphatic heterocycles. The molecule has 2 aromatic carbocycles. The van der Waals surface area contributed by atoms with Crippen molar-refractivity contribution in [3.05, 3.63) is 114 Å². The summed E-state index contributed by atoms with van der Waals surface area (Å²) in [5.74, 6) is -4.38. The van der Waals surface area contributed by atoms with Gasteiger partial charge in [0.25, 0.3) is 11.1 Å². The zero-order valence-corrected chi connectivity index (χ0v) is 48.5. The number of carbonyl (C=O) groups is 6. The number of nitrogens with one attached hydrogen (secondary N) is 1. The maximum absolute atomic E-state index is 14.1. The highest BCUT2D eigenvalue weighted by Crippen LogP contribution is 2.45. The molecule has 4 aliphatic rings. The number of nitrogens with zero attached hydrogens (tertiary/aromatic N) is 4. The number of phenols is 2. The summed E-state index contributed by atoms with van der Waals surface area (Å²) >= 11 is 0. The molecule has 6 aromatic rings. The number of carbonyl (C=O) groups excluding carboxylic acids is 6. The van der Waals surface area contributed by atoms with Crippen LogP contribution in [0.15, 0.2) is 58.1 Å². The van der Waals surface area contributed by atoms with Crippen molar-refractivity contribution >= 4 is 57.4 Å². The Bertz CT molecular complexity index is 3840. The first kappa shape index (κ1) is 60.7. The number of esters is 4. The van der Waals surface area contributed by atoms with Crippen LogP contribution in [-0.2, 0) is 122 Å². The number of hydrogen-bond donors (Lipinski definition) is 3. The lowest BCUT2D eigenvalue weighted by atomic mass is 9.85. The maximum atomic E-state index is 14.1. The van der Waals surface area contributed by atoms with Crippen LogP contribution in [0, 0.1) is 0 Å². The number of rotatable bonds is 27. The lowest BCUT2D eigenvalue weighted by molar-refractivity contribution is -0.189. The minimum Gasteiger partial charge on any atom is -0.508 e. The minimum atomic E-state index is -1.98. The largest absolute Gasteiger partial charge is 0.508 e. The predicted octanol–water partition coefficient (Wildman–Crippen LogP) is 4.75. The number of aromatic nitrogens is 4. The summed E-state index contributed by atoms with van der Waals surface area (Å²) in [7, 11) is 0. The molecule has 454 valence electrons. The first-order valence-electron chi connectivity index (χ1n) is 28.8. The maximum Gasteiger partial charge on any atom is 0.355 e. The zero-order chi connectivity index (χ0) is 61.0. The number of fused-ring (bicyclic) bond motifs is 10. The predicted molar refractivity (Wildman–Crippen MR) is 305 cm³/mol. The molecule has 1 unspecified atom stereocenters. The van der Waals surface area contributed by atoms with Crippen LogP contribution in [0.25, 0.3) is 44.6 Å². The van der Waals surface area contributed by atoms with Crippen LogP contribution in [0.1, 0.15) is 105 Å². The van der Waals surface area contributed by atoms with Gasteiger partial charge in [0, 0.05) is 46.1 Å². The molecule has 4 aromatic heterocycles. The van der Waals surface area contributed by atoms with Crippen LogP contribution in [0.5, 0.6) is 11.5 Å². The molecular formula is C62H67N5O19. The highest BCUT2D eigenvalue weighted by molar-refractivity contribution is 5.93. The van der Waals surface area contributed by atoms with Gasteiger partial charge in [-0.15, -0.1) is 0 Å². The van der Waals surface area contributed by atoms with E-state index in [1.165, 1.54) is 12.1 Å². The molecule has 0 spiro atoms. The fourth-order valence-electron chi connectivity index (χ4n) is 11.8. The Morgan fingerprint density at radius 1 is 0.616 bits per heavy atom. The van der Waals surface area contributed by atoms with E-state index in [0.29, 0.717) is 53.3 Å². The van der Waals surface area contributed by atoms with E-state index < -0.39 is 77.1 Å². The van der Waals surface area contributed by atoms with E-state index in [9.17, 15) is 48.6 Å².